The van der Waals surface area contributed by atoms with Crippen LogP contribution in [-0.2, 0) is 24.8 Å². The number of nitrogen functional groups attached to an aromatic ring is 1. The molecule has 0 bridgehead atoms. The molecule has 0 amide bonds. The Morgan fingerprint density at radius 3 is 3.00 bits per heavy atom. The number of rotatable bonds is 1. The van der Waals surface area contributed by atoms with E-state index >= 15 is 0 Å². The van der Waals surface area contributed by atoms with Gasteiger partial charge in [-0.25, -0.2) is 0 Å². The third kappa shape index (κ3) is 2.27. The molecule has 1 aromatic carbocycles. The number of anilines is 1. The zero-order valence-corrected chi connectivity index (χ0v) is 11.5. The smallest absolute Gasteiger partial charge is 0.0654 e. The summed E-state index contributed by atoms with van der Waals surface area (Å²) in [5.41, 5.74) is 9.59. The third-order valence-corrected chi connectivity index (χ3v) is 2.80. The molecule has 3 rings (SSSR count). The minimum Gasteiger partial charge on any atom is -0.574 e. The molecule has 0 aliphatic carbocycles. The second-order valence-corrected chi connectivity index (χ2v) is 3.88. The van der Waals surface area contributed by atoms with Crippen LogP contribution in [0, 0.1) is 0 Å². The maximum Gasteiger partial charge on any atom is 0.0654 e. The topological polar surface area (TPSA) is 62.2 Å². The number of nitrogens with two attached hydrogens (primary N) is 1. The van der Waals surface area contributed by atoms with Gasteiger partial charge in [-0.05, 0) is 29.5 Å². The molecule has 0 saturated carbocycles. The van der Waals surface area contributed by atoms with Gasteiger partial charge >= 0.3 is 0 Å². The molecule has 2 aromatic rings. The molecule has 0 fully saturated rings. The van der Waals surface area contributed by atoms with Crippen molar-refractivity contribution in [2.75, 3.05) is 18.9 Å². The molecule has 17 heavy (non-hydrogen) atoms. The summed E-state index contributed by atoms with van der Waals surface area (Å²) in [7, 11) is 0. The fourth-order valence-corrected chi connectivity index (χ4v) is 1.97. The molecule has 2 N–H and O–H groups in total. The van der Waals surface area contributed by atoms with Gasteiger partial charge in [0.2, 0.25) is 0 Å². The van der Waals surface area contributed by atoms with Crippen LogP contribution in [-0.4, -0.2) is 18.3 Å². The molecule has 1 aromatic heterocycles. The van der Waals surface area contributed by atoms with Crippen LogP contribution < -0.4 is 10.8 Å². The van der Waals surface area contributed by atoms with E-state index in [1.54, 1.807) is 0 Å². The number of fused-ring (bicyclic) bond motifs is 1. The van der Waals surface area contributed by atoms with E-state index in [-0.39, 0.29) is 20.1 Å². The van der Waals surface area contributed by atoms with Gasteiger partial charge in [-0.3, -0.25) is 0 Å². The van der Waals surface area contributed by atoms with E-state index in [1.807, 2.05) is 18.2 Å². The fourth-order valence-electron chi connectivity index (χ4n) is 1.97. The molecule has 2 heterocycles. The van der Waals surface area contributed by atoms with Crippen molar-refractivity contribution in [1.29, 1.82) is 0 Å². The van der Waals surface area contributed by atoms with E-state index in [2.05, 4.69) is 16.3 Å². The molecule has 0 atom stereocenters. The Labute approximate surface area is 113 Å². The maximum absolute atomic E-state index is 5.78. The molecule has 5 heteroatoms. The molecule has 0 spiro atoms. The van der Waals surface area contributed by atoms with Gasteiger partial charge in [0.25, 0.3) is 0 Å². The average Bonchev–Trinajstić information content (AvgIpc) is 2.73. The van der Waals surface area contributed by atoms with Gasteiger partial charge in [0.1, 0.15) is 0 Å². The Morgan fingerprint density at radius 1 is 1.35 bits per heavy atom. The summed E-state index contributed by atoms with van der Waals surface area (Å²) >= 11 is 0. The summed E-state index contributed by atoms with van der Waals surface area (Å²) in [5.74, 6) is 0. The Kier molecular flexibility index (Phi) is 3.62. The van der Waals surface area contributed by atoms with Crippen molar-refractivity contribution in [2.24, 2.45) is 0 Å². The van der Waals surface area contributed by atoms with E-state index in [9.17, 15) is 0 Å². The largest absolute Gasteiger partial charge is 0.574 e. The van der Waals surface area contributed by atoms with Crippen LogP contribution in [0.4, 0.5) is 5.69 Å². The fraction of sp³-hybridized carbons (Fsp3) is 0.250. The Hall–Kier alpha value is -1.16. The molecule has 1 aliphatic rings. The summed E-state index contributed by atoms with van der Waals surface area (Å²) < 4.78 is 5.28. The van der Waals surface area contributed by atoms with Gasteiger partial charge in [-0.2, -0.15) is 0 Å². The van der Waals surface area contributed by atoms with Gasteiger partial charge in [0.15, 0.2) is 0 Å². The minimum atomic E-state index is 0. The summed E-state index contributed by atoms with van der Waals surface area (Å²) in [6.45, 7) is 1.41. The monoisotopic (exact) mass is 407 g/mol. The molecular weight excluding hydrogens is 394 g/mol. The van der Waals surface area contributed by atoms with Gasteiger partial charge in [0, 0.05) is 25.8 Å². The van der Waals surface area contributed by atoms with Crippen LogP contribution in [0.1, 0.15) is 12.1 Å². The summed E-state index contributed by atoms with van der Waals surface area (Å²) in [5, 5.41) is 9.41. The average molecular weight is 406 g/mol. The standard InChI is InChI=1S/C12H12N3O.Ir/c13-9-1-2-11-10(7-9)12(15-14-11)8-3-5-16-6-4-8;/h1-3,7H,4-6,13H2;/q-1;. The van der Waals surface area contributed by atoms with E-state index in [0.717, 1.165) is 35.3 Å². The quantitative estimate of drug-likeness (QED) is 0.731. The van der Waals surface area contributed by atoms with E-state index in [0.29, 0.717) is 6.61 Å². The zero-order valence-electron chi connectivity index (χ0n) is 9.14. The van der Waals surface area contributed by atoms with Crippen molar-refractivity contribution in [3.63, 3.8) is 0 Å². The predicted molar refractivity (Wildman–Crippen MR) is 62.9 cm³/mol. The second kappa shape index (κ2) is 5.00. The first-order chi connectivity index (χ1) is 7.84. The first-order valence-corrected chi connectivity index (χ1v) is 5.30. The van der Waals surface area contributed by atoms with Gasteiger partial charge in [0.05, 0.1) is 18.9 Å². The van der Waals surface area contributed by atoms with Crippen molar-refractivity contribution in [3.8, 4) is 0 Å². The van der Waals surface area contributed by atoms with Crippen molar-refractivity contribution in [1.82, 2.24) is 10.2 Å². The molecule has 91 valence electrons. The van der Waals surface area contributed by atoms with Crippen LogP contribution in [0.15, 0.2) is 24.3 Å². The van der Waals surface area contributed by atoms with Crippen molar-refractivity contribution < 1.29 is 24.8 Å². The van der Waals surface area contributed by atoms with Gasteiger partial charge in [-0.1, -0.05) is 12.1 Å². The minimum absolute atomic E-state index is 0. The van der Waals surface area contributed by atoms with E-state index in [4.69, 9.17) is 10.5 Å². The third-order valence-electron chi connectivity index (χ3n) is 2.80. The Bertz CT molecular complexity index is 562. The van der Waals surface area contributed by atoms with Crippen molar-refractivity contribution >= 4 is 22.2 Å². The number of benzene rings is 1. The van der Waals surface area contributed by atoms with E-state index in [1.165, 1.54) is 5.57 Å². The van der Waals surface area contributed by atoms with Crippen LogP contribution in [0.25, 0.3) is 16.5 Å². The first-order valence-electron chi connectivity index (χ1n) is 5.30. The number of nitrogens with zero attached hydrogens (tertiary/aromatic N) is 2. The van der Waals surface area contributed by atoms with Crippen LogP contribution in [0.2, 0.25) is 0 Å². The molecule has 1 radical (unpaired) electrons. The van der Waals surface area contributed by atoms with Crippen molar-refractivity contribution in [3.05, 3.63) is 30.0 Å². The SMILES string of the molecule is Nc1ccc2[n-]nc(C3=CCOCC3)c2c1.[Ir]. The molecule has 4 nitrogen and oxygen atoms in total. The predicted octanol–water partition coefficient (Wildman–Crippen LogP) is 1.58. The van der Waals surface area contributed by atoms with Crippen LogP contribution in [0.3, 0.4) is 0 Å². The summed E-state index contributed by atoms with van der Waals surface area (Å²) in [4.78, 5) is 0. The van der Waals surface area contributed by atoms with E-state index < -0.39 is 0 Å². The van der Waals surface area contributed by atoms with Crippen LogP contribution >= 0.6 is 0 Å². The number of aromatic nitrogens is 2. The summed E-state index contributed by atoms with van der Waals surface area (Å²) in [6.07, 6.45) is 2.96. The zero-order chi connectivity index (χ0) is 11.0. The van der Waals surface area contributed by atoms with Crippen LogP contribution in [0.5, 0.6) is 0 Å². The van der Waals surface area contributed by atoms with Crippen molar-refractivity contribution in [2.45, 2.75) is 6.42 Å². The number of hydrogen-bond donors (Lipinski definition) is 1. The second-order valence-electron chi connectivity index (χ2n) is 3.88. The molecule has 0 saturated heterocycles. The Morgan fingerprint density at radius 2 is 2.24 bits per heavy atom. The molecule has 1 aliphatic heterocycles. The Balaban J connectivity index is 0.00000108. The first kappa shape index (κ1) is 12.3. The molecular formula is C12H12IrN3O-. The maximum atomic E-state index is 5.78. The van der Waals surface area contributed by atoms with Gasteiger partial charge in [-0.15, -0.1) is 5.52 Å². The molecule has 0 unspecified atom stereocenters. The number of ether oxygens (including phenoxy) is 1. The normalized spacial score (nSPS) is 15.4. The number of hydrogen-bond acceptors (Lipinski definition) is 3. The summed E-state index contributed by atoms with van der Waals surface area (Å²) in [6, 6.07) is 5.68. The van der Waals surface area contributed by atoms with Gasteiger partial charge < -0.3 is 20.7 Å².